The van der Waals surface area contributed by atoms with E-state index in [2.05, 4.69) is 15.6 Å². The molecule has 2 aromatic carbocycles. The fourth-order valence-corrected chi connectivity index (χ4v) is 2.71. The molecule has 0 atom stereocenters. The Labute approximate surface area is 160 Å². The number of nitrogens with zero attached hydrogens (tertiary/aromatic N) is 1. The molecule has 3 rings (SSSR count). The van der Waals surface area contributed by atoms with Crippen molar-refractivity contribution in [2.45, 2.75) is 6.54 Å². The van der Waals surface area contributed by atoms with Crippen LogP contribution in [0.25, 0.3) is 0 Å². The molecule has 26 heavy (non-hydrogen) atoms. The number of halogens is 3. The molecule has 0 radical (unpaired) electrons. The lowest BCUT2D eigenvalue weighted by Crippen LogP contribution is -2.13. The standard InChI is InChI=1S/C19H14Cl2FN3O/c20-14-3-6-18(17(21)8-14)25-19(26)13-7-16(11-23-10-13)24-9-12-1-4-15(22)5-2-12/h1-8,10-11,24H,9H2,(H,25,26). The van der Waals surface area contributed by atoms with Crippen molar-refractivity contribution in [1.29, 1.82) is 0 Å². The van der Waals surface area contributed by atoms with Gasteiger partial charge in [-0.15, -0.1) is 0 Å². The molecule has 2 N–H and O–H groups in total. The third-order valence-corrected chi connectivity index (χ3v) is 4.14. The second-order valence-corrected chi connectivity index (χ2v) is 6.36. The van der Waals surface area contributed by atoms with E-state index in [-0.39, 0.29) is 11.7 Å². The smallest absolute Gasteiger partial charge is 0.257 e. The van der Waals surface area contributed by atoms with Crippen LogP contribution in [0.5, 0.6) is 0 Å². The third kappa shape index (κ3) is 4.71. The van der Waals surface area contributed by atoms with E-state index in [1.807, 2.05) is 0 Å². The number of amides is 1. The van der Waals surface area contributed by atoms with Gasteiger partial charge in [0, 0.05) is 24.0 Å². The molecule has 0 fully saturated rings. The fraction of sp³-hybridized carbons (Fsp3) is 0.0526. The van der Waals surface area contributed by atoms with Crippen molar-refractivity contribution in [3.63, 3.8) is 0 Å². The quantitative estimate of drug-likeness (QED) is 0.614. The number of rotatable bonds is 5. The van der Waals surface area contributed by atoms with E-state index in [4.69, 9.17) is 23.2 Å². The summed E-state index contributed by atoms with van der Waals surface area (Å²) < 4.78 is 12.9. The van der Waals surface area contributed by atoms with E-state index in [1.165, 1.54) is 18.3 Å². The van der Waals surface area contributed by atoms with Gasteiger partial charge in [0.05, 0.1) is 22.0 Å². The van der Waals surface area contributed by atoms with Gasteiger partial charge in [-0.05, 0) is 42.0 Å². The maximum Gasteiger partial charge on any atom is 0.257 e. The van der Waals surface area contributed by atoms with E-state index in [0.29, 0.717) is 33.5 Å². The SMILES string of the molecule is O=C(Nc1ccc(Cl)cc1Cl)c1cncc(NCc2ccc(F)cc2)c1. The second-order valence-electron chi connectivity index (χ2n) is 5.52. The Morgan fingerprint density at radius 2 is 1.81 bits per heavy atom. The van der Waals surface area contributed by atoms with Crippen LogP contribution < -0.4 is 10.6 Å². The highest BCUT2D eigenvalue weighted by Crippen LogP contribution is 2.26. The van der Waals surface area contributed by atoms with Gasteiger partial charge in [-0.1, -0.05) is 35.3 Å². The van der Waals surface area contributed by atoms with E-state index in [9.17, 15) is 9.18 Å². The van der Waals surface area contributed by atoms with Crippen molar-refractivity contribution >= 4 is 40.5 Å². The Hall–Kier alpha value is -2.63. The largest absolute Gasteiger partial charge is 0.380 e. The minimum absolute atomic E-state index is 0.282. The Balaban J connectivity index is 1.67. The summed E-state index contributed by atoms with van der Waals surface area (Å²) in [5.41, 5.74) is 2.42. The average molecular weight is 390 g/mol. The van der Waals surface area contributed by atoms with E-state index < -0.39 is 0 Å². The van der Waals surface area contributed by atoms with Gasteiger partial charge in [0.1, 0.15) is 5.82 Å². The highest BCUT2D eigenvalue weighted by molar-refractivity contribution is 6.36. The summed E-state index contributed by atoms with van der Waals surface area (Å²) >= 11 is 11.9. The number of carbonyl (C=O) groups is 1. The van der Waals surface area contributed by atoms with Gasteiger partial charge in [-0.2, -0.15) is 0 Å². The van der Waals surface area contributed by atoms with Crippen LogP contribution in [0, 0.1) is 5.82 Å². The number of carbonyl (C=O) groups excluding carboxylic acids is 1. The number of anilines is 2. The first kappa shape index (κ1) is 18.2. The van der Waals surface area contributed by atoms with E-state index >= 15 is 0 Å². The Kier molecular flexibility index (Phi) is 5.71. The van der Waals surface area contributed by atoms with Crippen LogP contribution in [0.2, 0.25) is 10.0 Å². The highest BCUT2D eigenvalue weighted by atomic mass is 35.5. The molecule has 0 aliphatic rings. The van der Waals surface area contributed by atoms with Crippen molar-refractivity contribution in [2.75, 3.05) is 10.6 Å². The Bertz CT molecular complexity index is 932. The van der Waals surface area contributed by atoms with Gasteiger partial charge < -0.3 is 10.6 Å². The van der Waals surface area contributed by atoms with E-state index in [1.54, 1.807) is 42.6 Å². The molecule has 0 spiro atoms. The average Bonchev–Trinajstić information content (AvgIpc) is 2.64. The lowest BCUT2D eigenvalue weighted by Gasteiger charge is -2.10. The molecule has 0 saturated heterocycles. The highest BCUT2D eigenvalue weighted by Gasteiger charge is 2.10. The zero-order chi connectivity index (χ0) is 18.5. The predicted octanol–water partition coefficient (Wildman–Crippen LogP) is 5.39. The molecule has 0 aliphatic carbocycles. The minimum Gasteiger partial charge on any atom is -0.380 e. The van der Waals surface area contributed by atoms with E-state index in [0.717, 1.165) is 5.56 Å². The normalized spacial score (nSPS) is 10.4. The van der Waals surface area contributed by atoms with Crippen LogP contribution in [0.3, 0.4) is 0 Å². The summed E-state index contributed by atoms with van der Waals surface area (Å²) in [7, 11) is 0. The van der Waals surface area contributed by atoms with Crippen LogP contribution in [-0.4, -0.2) is 10.9 Å². The van der Waals surface area contributed by atoms with Gasteiger partial charge in [-0.3, -0.25) is 9.78 Å². The predicted molar refractivity (Wildman–Crippen MR) is 102 cm³/mol. The molecule has 1 heterocycles. The maximum absolute atomic E-state index is 12.9. The molecule has 7 heteroatoms. The summed E-state index contributed by atoms with van der Waals surface area (Å²) in [6.45, 7) is 0.482. The number of benzene rings is 2. The summed E-state index contributed by atoms with van der Waals surface area (Å²) in [4.78, 5) is 16.5. The number of hydrogen-bond donors (Lipinski definition) is 2. The summed E-state index contributed by atoms with van der Waals surface area (Å²) in [6, 6.07) is 12.7. The van der Waals surface area contributed by atoms with Crippen molar-refractivity contribution in [3.05, 3.63) is 87.9 Å². The maximum atomic E-state index is 12.9. The topological polar surface area (TPSA) is 54.0 Å². The Morgan fingerprint density at radius 1 is 1.04 bits per heavy atom. The molecule has 0 unspecified atom stereocenters. The minimum atomic E-state index is -0.341. The lowest BCUT2D eigenvalue weighted by molar-refractivity contribution is 0.102. The monoisotopic (exact) mass is 389 g/mol. The van der Waals surface area contributed by atoms with Crippen molar-refractivity contribution in [3.8, 4) is 0 Å². The van der Waals surface area contributed by atoms with Gasteiger partial charge in [0.2, 0.25) is 0 Å². The molecule has 0 bridgehead atoms. The lowest BCUT2D eigenvalue weighted by atomic mass is 10.2. The third-order valence-electron chi connectivity index (χ3n) is 3.59. The van der Waals surface area contributed by atoms with Gasteiger partial charge in [0.15, 0.2) is 0 Å². The number of aromatic nitrogens is 1. The number of nitrogens with one attached hydrogen (secondary N) is 2. The van der Waals surface area contributed by atoms with Gasteiger partial charge in [-0.25, -0.2) is 4.39 Å². The molecular weight excluding hydrogens is 376 g/mol. The molecule has 1 aromatic heterocycles. The van der Waals surface area contributed by atoms with Crippen LogP contribution in [0.4, 0.5) is 15.8 Å². The molecule has 1 amide bonds. The first-order valence-electron chi connectivity index (χ1n) is 7.71. The van der Waals surface area contributed by atoms with Crippen LogP contribution >= 0.6 is 23.2 Å². The number of hydrogen-bond acceptors (Lipinski definition) is 3. The molecule has 132 valence electrons. The molecule has 3 aromatic rings. The molecular formula is C19H14Cl2FN3O. The molecule has 0 saturated carbocycles. The summed E-state index contributed by atoms with van der Waals surface area (Å²) in [5.74, 6) is -0.623. The van der Waals surface area contributed by atoms with Gasteiger partial charge in [0.25, 0.3) is 5.91 Å². The first-order chi connectivity index (χ1) is 12.5. The fourth-order valence-electron chi connectivity index (χ4n) is 2.25. The summed E-state index contributed by atoms with van der Waals surface area (Å²) in [6.07, 6.45) is 3.07. The summed E-state index contributed by atoms with van der Waals surface area (Å²) in [5, 5.41) is 6.71. The molecule has 4 nitrogen and oxygen atoms in total. The van der Waals surface area contributed by atoms with Crippen molar-refractivity contribution in [1.82, 2.24) is 4.98 Å². The second kappa shape index (κ2) is 8.17. The molecule has 0 aliphatic heterocycles. The zero-order valence-corrected chi connectivity index (χ0v) is 15.0. The van der Waals surface area contributed by atoms with Crippen LogP contribution in [0.15, 0.2) is 60.9 Å². The van der Waals surface area contributed by atoms with Crippen LogP contribution in [0.1, 0.15) is 15.9 Å². The zero-order valence-electron chi connectivity index (χ0n) is 13.5. The van der Waals surface area contributed by atoms with Crippen LogP contribution in [-0.2, 0) is 6.54 Å². The van der Waals surface area contributed by atoms with Crippen molar-refractivity contribution < 1.29 is 9.18 Å². The van der Waals surface area contributed by atoms with Crippen molar-refractivity contribution in [2.24, 2.45) is 0 Å². The number of pyridine rings is 1. The van der Waals surface area contributed by atoms with Gasteiger partial charge >= 0.3 is 0 Å². The Morgan fingerprint density at radius 3 is 2.54 bits per heavy atom. The first-order valence-corrected chi connectivity index (χ1v) is 8.46.